The average Bonchev–Trinajstić information content (AvgIpc) is 3.48. The summed E-state index contributed by atoms with van der Waals surface area (Å²) in [6.07, 6.45) is 0. The van der Waals surface area contributed by atoms with Crippen molar-refractivity contribution in [1.82, 2.24) is 14.8 Å². The first-order chi connectivity index (χ1) is 16.5. The highest BCUT2D eigenvalue weighted by Gasteiger charge is 2.35. The molecule has 5 rings (SSSR count). The topological polar surface area (TPSA) is 71.8 Å². The molecule has 1 amide bonds. The van der Waals surface area contributed by atoms with Crippen LogP contribution in [-0.2, 0) is 10.5 Å². The molecule has 6 nitrogen and oxygen atoms in total. The van der Waals surface area contributed by atoms with E-state index in [1.165, 1.54) is 11.8 Å². The lowest BCUT2D eigenvalue weighted by Crippen LogP contribution is -2.31. The summed E-state index contributed by atoms with van der Waals surface area (Å²) in [6, 6.07) is 18.4. The summed E-state index contributed by atoms with van der Waals surface area (Å²) in [7, 11) is 0. The molecule has 2 aromatic heterocycles. The Morgan fingerprint density at radius 3 is 2.71 bits per heavy atom. The first-order valence-electron chi connectivity index (χ1n) is 10.4. The van der Waals surface area contributed by atoms with Gasteiger partial charge in [0.05, 0.1) is 5.57 Å². The second kappa shape index (κ2) is 9.84. The van der Waals surface area contributed by atoms with Gasteiger partial charge in [-0.3, -0.25) is 4.79 Å². The predicted molar refractivity (Wildman–Crippen MR) is 140 cm³/mol. The molecule has 0 fully saturated rings. The van der Waals surface area contributed by atoms with Crippen molar-refractivity contribution in [3.05, 3.63) is 97.8 Å². The van der Waals surface area contributed by atoms with Crippen LogP contribution < -0.4 is 10.6 Å². The zero-order chi connectivity index (χ0) is 23.7. The molecule has 2 aromatic carbocycles. The maximum Gasteiger partial charge on any atom is 0.255 e. The van der Waals surface area contributed by atoms with Gasteiger partial charge in [0.15, 0.2) is 0 Å². The summed E-state index contributed by atoms with van der Waals surface area (Å²) in [5.74, 6) is 1.08. The van der Waals surface area contributed by atoms with Crippen molar-refractivity contribution in [2.24, 2.45) is 0 Å². The first kappa shape index (κ1) is 23.0. The summed E-state index contributed by atoms with van der Waals surface area (Å²) in [4.78, 5) is 19.1. The maximum atomic E-state index is 13.4. The van der Waals surface area contributed by atoms with Gasteiger partial charge in [-0.25, -0.2) is 4.68 Å². The normalized spacial score (nSPS) is 15.1. The zero-order valence-corrected chi connectivity index (χ0v) is 21.1. The highest BCUT2D eigenvalue weighted by molar-refractivity contribution is 7.98. The summed E-state index contributed by atoms with van der Waals surface area (Å²) in [6.45, 7) is 1.88. The van der Waals surface area contributed by atoms with Crippen LogP contribution in [0.2, 0.25) is 10.0 Å². The van der Waals surface area contributed by atoms with Gasteiger partial charge >= 0.3 is 0 Å². The Hall–Kier alpha value is -2.78. The summed E-state index contributed by atoms with van der Waals surface area (Å²) < 4.78 is 1.79. The largest absolute Gasteiger partial charge is 0.328 e. The highest BCUT2D eigenvalue weighted by Crippen LogP contribution is 2.38. The fraction of sp³-hybridized carbons (Fsp3) is 0.125. The fourth-order valence-corrected chi connectivity index (χ4v) is 5.63. The van der Waals surface area contributed by atoms with E-state index in [-0.39, 0.29) is 5.91 Å². The number of allylic oxidation sites excluding steroid dienone is 1. The number of aromatic nitrogens is 3. The highest BCUT2D eigenvalue weighted by atomic mass is 35.5. The van der Waals surface area contributed by atoms with Crippen molar-refractivity contribution in [2.75, 3.05) is 10.6 Å². The van der Waals surface area contributed by atoms with Gasteiger partial charge < -0.3 is 10.6 Å². The summed E-state index contributed by atoms with van der Waals surface area (Å²) in [5.41, 5.74) is 3.07. The molecule has 34 heavy (non-hydrogen) atoms. The summed E-state index contributed by atoms with van der Waals surface area (Å²) in [5, 5.41) is 14.9. The Balaban J connectivity index is 1.44. The van der Waals surface area contributed by atoms with E-state index in [0.717, 1.165) is 16.1 Å². The second-order valence-electron chi connectivity index (χ2n) is 7.62. The smallest absolute Gasteiger partial charge is 0.255 e. The minimum Gasteiger partial charge on any atom is -0.328 e. The fourth-order valence-electron chi connectivity index (χ4n) is 3.70. The number of carbonyl (C=O) groups excluding carboxylic acids is 1. The van der Waals surface area contributed by atoms with Crippen LogP contribution in [0.1, 0.15) is 23.4 Å². The Morgan fingerprint density at radius 2 is 1.97 bits per heavy atom. The first-order valence-corrected chi connectivity index (χ1v) is 13.0. The molecule has 0 saturated carbocycles. The van der Waals surface area contributed by atoms with E-state index < -0.39 is 6.04 Å². The molecular formula is C24H19Cl2N5OS2. The average molecular weight is 528 g/mol. The number of amides is 1. The number of halogens is 2. The van der Waals surface area contributed by atoms with Crippen molar-refractivity contribution in [3.8, 4) is 0 Å². The third-order valence-corrected chi connectivity index (χ3v) is 7.57. The number of nitrogens with zero attached hydrogens (tertiary/aromatic N) is 3. The Labute approximate surface area is 215 Å². The van der Waals surface area contributed by atoms with Gasteiger partial charge in [-0.1, -0.05) is 53.2 Å². The monoisotopic (exact) mass is 527 g/mol. The molecular weight excluding hydrogens is 509 g/mol. The summed E-state index contributed by atoms with van der Waals surface area (Å²) >= 11 is 15.2. The molecule has 1 aliphatic rings. The molecule has 1 atom stereocenters. The molecule has 2 N–H and O–H groups in total. The van der Waals surface area contributed by atoms with E-state index in [1.807, 2.05) is 48.7 Å². The van der Waals surface area contributed by atoms with Crippen LogP contribution in [0, 0.1) is 0 Å². The molecule has 1 aliphatic heterocycles. The van der Waals surface area contributed by atoms with E-state index in [4.69, 9.17) is 28.3 Å². The quantitative estimate of drug-likeness (QED) is 0.268. The van der Waals surface area contributed by atoms with Gasteiger partial charge in [0, 0.05) is 32.1 Å². The number of benzene rings is 2. The number of nitrogens with one attached hydrogen (secondary N) is 2. The van der Waals surface area contributed by atoms with Gasteiger partial charge in [-0.2, -0.15) is 4.98 Å². The number of fused-ring (bicyclic) bond motifs is 1. The SMILES string of the molecule is CC1=C(C(=O)Nc2ccc(Cl)cc2)[C@H](c2cccs2)n2nc(SCc3cccc(Cl)c3)nc2N1. The number of rotatable bonds is 6. The van der Waals surface area contributed by atoms with Crippen molar-refractivity contribution in [2.45, 2.75) is 23.9 Å². The number of anilines is 2. The number of hydrogen-bond donors (Lipinski definition) is 2. The molecule has 172 valence electrons. The van der Waals surface area contributed by atoms with E-state index in [1.54, 1.807) is 40.3 Å². The lowest BCUT2D eigenvalue weighted by atomic mass is 10.0. The lowest BCUT2D eigenvalue weighted by molar-refractivity contribution is -0.113. The minimum absolute atomic E-state index is 0.208. The molecule has 0 saturated heterocycles. The van der Waals surface area contributed by atoms with E-state index >= 15 is 0 Å². The van der Waals surface area contributed by atoms with E-state index in [0.29, 0.717) is 38.2 Å². The number of thioether (sulfide) groups is 1. The molecule has 3 heterocycles. The number of thiophene rings is 1. The van der Waals surface area contributed by atoms with E-state index in [2.05, 4.69) is 15.6 Å². The van der Waals surface area contributed by atoms with Crippen LogP contribution in [0.15, 0.2) is 82.5 Å². The van der Waals surface area contributed by atoms with Crippen molar-refractivity contribution in [3.63, 3.8) is 0 Å². The van der Waals surface area contributed by atoms with Crippen molar-refractivity contribution in [1.29, 1.82) is 0 Å². The molecule has 0 bridgehead atoms. The van der Waals surface area contributed by atoms with Crippen LogP contribution in [-0.4, -0.2) is 20.7 Å². The molecule has 0 aliphatic carbocycles. The van der Waals surface area contributed by atoms with Gasteiger partial charge in [-0.05, 0) is 60.3 Å². The standard InChI is InChI=1S/C24H19Cl2N5OS2/c1-14-20(22(32)28-18-9-7-16(25)8-10-18)21(19-6-3-11-33-19)31-23(27-14)29-24(30-31)34-13-15-4-2-5-17(26)12-15/h2-12,21H,13H2,1H3,(H,28,32)(H,27,29,30)/t21-/m0/s1. The van der Waals surface area contributed by atoms with Crippen LogP contribution >= 0.6 is 46.3 Å². The Kier molecular flexibility index (Phi) is 6.65. The Bertz CT molecular complexity index is 1370. The van der Waals surface area contributed by atoms with Crippen LogP contribution in [0.5, 0.6) is 0 Å². The lowest BCUT2D eigenvalue weighted by Gasteiger charge is -2.27. The second-order valence-corrected chi connectivity index (χ2v) is 10.4. The number of carbonyl (C=O) groups is 1. The van der Waals surface area contributed by atoms with Crippen LogP contribution in [0.3, 0.4) is 0 Å². The number of hydrogen-bond acceptors (Lipinski definition) is 6. The zero-order valence-electron chi connectivity index (χ0n) is 18.0. The Morgan fingerprint density at radius 1 is 1.15 bits per heavy atom. The molecule has 4 aromatic rings. The van der Waals surface area contributed by atoms with Gasteiger partial charge in [0.2, 0.25) is 11.1 Å². The van der Waals surface area contributed by atoms with Crippen LogP contribution in [0.25, 0.3) is 0 Å². The minimum atomic E-state index is -0.392. The third kappa shape index (κ3) is 4.86. The van der Waals surface area contributed by atoms with Gasteiger partial charge in [-0.15, -0.1) is 16.4 Å². The van der Waals surface area contributed by atoms with E-state index in [9.17, 15) is 4.79 Å². The maximum absolute atomic E-state index is 13.4. The molecule has 0 unspecified atom stereocenters. The molecule has 10 heteroatoms. The third-order valence-electron chi connectivity index (χ3n) is 5.25. The van der Waals surface area contributed by atoms with Crippen LogP contribution in [0.4, 0.5) is 11.6 Å². The molecule has 0 radical (unpaired) electrons. The van der Waals surface area contributed by atoms with Gasteiger partial charge in [0.25, 0.3) is 5.91 Å². The molecule has 0 spiro atoms. The van der Waals surface area contributed by atoms with Gasteiger partial charge in [0.1, 0.15) is 6.04 Å². The van der Waals surface area contributed by atoms with Crippen molar-refractivity contribution < 1.29 is 4.79 Å². The van der Waals surface area contributed by atoms with Crippen molar-refractivity contribution >= 4 is 63.8 Å². The predicted octanol–water partition coefficient (Wildman–Crippen LogP) is 6.87.